The van der Waals surface area contributed by atoms with Crippen molar-refractivity contribution in [2.24, 2.45) is 47.3 Å². The topological polar surface area (TPSA) is 17.1 Å². The summed E-state index contributed by atoms with van der Waals surface area (Å²) in [6.07, 6.45) is 10.6. The predicted octanol–water partition coefficient (Wildman–Crippen LogP) is 5.56. The SMILES string of the molecule is O=Cc1cccc2ccc3c(c12)C1CC3C2C3CC(C4C5C=CC(C5)C34)C12. The van der Waals surface area contributed by atoms with Crippen LogP contribution in [0.25, 0.3) is 10.8 Å². The fourth-order valence-electron chi connectivity index (χ4n) is 9.77. The van der Waals surface area contributed by atoms with Gasteiger partial charge in [0.05, 0.1) is 0 Å². The largest absolute Gasteiger partial charge is 0.298 e. The van der Waals surface area contributed by atoms with Crippen molar-refractivity contribution >= 4 is 17.1 Å². The van der Waals surface area contributed by atoms with Crippen molar-refractivity contribution < 1.29 is 4.79 Å². The lowest BCUT2D eigenvalue weighted by molar-refractivity contribution is 0.0884. The third-order valence-electron chi connectivity index (χ3n) is 10.0. The molecule has 0 aliphatic heterocycles. The third kappa shape index (κ3) is 1.39. The molecular formula is C26H24O. The van der Waals surface area contributed by atoms with Gasteiger partial charge in [-0.25, -0.2) is 0 Å². The molecule has 0 heterocycles. The highest BCUT2D eigenvalue weighted by atomic mass is 16.1. The van der Waals surface area contributed by atoms with Gasteiger partial charge in [0.1, 0.15) is 0 Å². The summed E-state index contributed by atoms with van der Waals surface area (Å²) < 4.78 is 0. The number of hydrogen-bond acceptors (Lipinski definition) is 1. The molecule has 0 radical (unpaired) electrons. The van der Waals surface area contributed by atoms with Crippen LogP contribution in [0.15, 0.2) is 42.5 Å². The van der Waals surface area contributed by atoms with Gasteiger partial charge in [0, 0.05) is 5.56 Å². The van der Waals surface area contributed by atoms with Crippen molar-refractivity contribution in [3.8, 4) is 0 Å². The number of aldehydes is 1. The Kier molecular flexibility index (Phi) is 2.31. The molecule has 2 aromatic rings. The van der Waals surface area contributed by atoms with Gasteiger partial charge >= 0.3 is 0 Å². The summed E-state index contributed by atoms with van der Waals surface area (Å²) in [5, 5.41) is 2.56. The van der Waals surface area contributed by atoms with Crippen molar-refractivity contribution in [1.82, 2.24) is 0 Å². The first kappa shape index (κ1) is 14.2. The van der Waals surface area contributed by atoms with Crippen LogP contribution in [0.1, 0.15) is 52.6 Å². The molecule has 134 valence electrons. The van der Waals surface area contributed by atoms with E-state index < -0.39 is 0 Å². The van der Waals surface area contributed by atoms with Crippen LogP contribution < -0.4 is 0 Å². The van der Waals surface area contributed by atoms with E-state index in [0.717, 1.165) is 71.0 Å². The van der Waals surface area contributed by atoms with Gasteiger partial charge in [0.25, 0.3) is 0 Å². The molecule has 6 bridgehead atoms. The smallest absolute Gasteiger partial charge is 0.150 e. The fraction of sp³-hybridized carbons (Fsp3) is 0.500. The van der Waals surface area contributed by atoms with E-state index >= 15 is 0 Å². The maximum Gasteiger partial charge on any atom is 0.150 e. The first-order chi connectivity index (χ1) is 13.3. The van der Waals surface area contributed by atoms with Crippen LogP contribution in [0.4, 0.5) is 0 Å². The molecule has 4 fully saturated rings. The molecule has 0 spiro atoms. The average Bonchev–Trinajstić information content (AvgIpc) is 3.51. The van der Waals surface area contributed by atoms with Gasteiger partial charge in [0.15, 0.2) is 6.29 Å². The molecule has 10 unspecified atom stereocenters. The van der Waals surface area contributed by atoms with Gasteiger partial charge in [-0.3, -0.25) is 4.79 Å². The van der Waals surface area contributed by atoms with E-state index in [2.05, 4.69) is 30.4 Å². The van der Waals surface area contributed by atoms with Gasteiger partial charge in [-0.1, -0.05) is 42.5 Å². The normalized spacial score (nSPS) is 49.0. The molecule has 6 aliphatic rings. The summed E-state index contributed by atoms with van der Waals surface area (Å²) >= 11 is 0. The van der Waals surface area contributed by atoms with Crippen LogP contribution in [0, 0.1) is 47.3 Å². The lowest BCUT2D eigenvalue weighted by Gasteiger charge is -2.44. The number of rotatable bonds is 1. The molecule has 0 aromatic heterocycles. The summed E-state index contributed by atoms with van der Waals surface area (Å²) in [5.74, 6) is 9.12. The number of carbonyl (C=O) groups is 1. The standard InChI is InChI=1S/C26H24O/c27-11-15-3-1-2-12-6-7-16-17-9-20(24(16)21(12)15)26-19-10-18(25(17)26)22-13-4-5-14(8-13)23(19)22/h1-7,11,13-14,17-20,22-23,25-26H,8-10H2. The maximum atomic E-state index is 11.8. The van der Waals surface area contributed by atoms with E-state index in [-0.39, 0.29) is 0 Å². The molecule has 0 N–H and O–H groups in total. The minimum absolute atomic E-state index is 0.721. The summed E-state index contributed by atoms with van der Waals surface area (Å²) in [7, 11) is 0. The molecule has 10 atom stereocenters. The fourth-order valence-corrected chi connectivity index (χ4v) is 9.77. The second-order valence-electron chi connectivity index (χ2n) is 10.4. The highest BCUT2D eigenvalue weighted by Crippen LogP contribution is 2.78. The zero-order valence-electron chi connectivity index (χ0n) is 15.4. The van der Waals surface area contributed by atoms with Crippen LogP contribution in [0.3, 0.4) is 0 Å². The predicted molar refractivity (Wildman–Crippen MR) is 106 cm³/mol. The van der Waals surface area contributed by atoms with Gasteiger partial charge in [0.2, 0.25) is 0 Å². The Hall–Kier alpha value is -1.89. The van der Waals surface area contributed by atoms with E-state index in [1.807, 2.05) is 12.1 Å². The highest BCUT2D eigenvalue weighted by Gasteiger charge is 2.70. The number of benzene rings is 2. The van der Waals surface area contributed by atoms with E-state index in [1.54, 1.807) is 11.1 Å². The Labute approximate surface area is 159 Å². The van der Waals surface area contributed by atoms with Crippen LogP contribution >= 0.6 is 0 Å². The number of carbonyl (C=O) groups excluding carboxylic acids is 1. The number of fused-ring (bicyclic) bond motifs is 21. The van der Waals surface area contributed by atoms with Gasteiger partial charge in [-0.2, -0.15) is 0 Å². The zero-order chi connectivity index (χ0) is 17.4. The van der Waals surface area contributed by atoms with Crippen LogP contribution in [-0.2, 0) is 0 Å². The lowest BCUT2D eigenvalue weighted by Crippen LogP contribution is -2.39. The molecule has 8 rings (SSSR count). The minimum Gasteiger partial charge on any atom is -0.298 e. The van der Waals surface area contributed by atoms with Crippen molar-refractivity contribution in [2.45, 2.75) is 31.1 Å². The molecule has 2 aromatic carbocycles. The average molecular weight is 352 g/mol. The molecule has 4 saturated carbocycles. The molecule has 0 saturated heterocycles. The Morgan fingerprint density at radius 1 is 0.778 bits per heavy atom. The quantitative estimate of drug-likeness (QED) is 0.373. The van der Waals surface area contributed by atoms with E-state index in [0.29, 0.717) is 0 Å². The molecule has 27 heavy (non-hydrogen) atoms. The number of allylic oxidation sites excluding steroid dienone is 2. The summed E-state index contributed by atoms with van der Waals surface area (Å²) in [4.78, 5) is 11.8. The monoisotopic (exact) mass is 352 g/mol. The summed E-state index contributed by atoms with van der Waals surface area (Å²) in [5.41, 5.74) is 4.12. The molecule has 0 amide bonds. The summed E-state index contributed by atoms with van der Waals surface area (Å²) in [6.45, 7) is 0. The molecule has 1 nitrogen and oxygen atoms in total. The van der Waals surface area contributed by atoms with Gasteiger partial charge in [-0.15, -0.1) is 0 Å². The first-order valence-electron chi connectivity index (χ1n) is 11.0. The van der Waals surface area contributed by atoms with Crippen LogP contribution in [0.5, 0.6) is 0 Å². The van der Waals surface area contributed by atoms with Crippen molar-refractivity contribution in [3.63, 3.8) is 0 Å². The second kappa shape index (κ2) is 4.40. The van der Waals surface area contributed by atoms with E-state index in [1.165, 1.54) is 30.0 Å². The number of hydrogen-bond donors (Lipinski definition) is 0. The first-order valence-corrected chi connectivity index (χ1v) is 11.0. The molecular weight excluding hydrogens is 328 g/mol. The zero-order valence-corrected chi connectivity index (χ0v) is 15.4. The van der Waals surface area contributed by atoms with Crippen LogP contribution in [0.2, 0.25) is 0 Å². The van der Waals surface area contributed by atoms with Crippen molar-refractivity contribution in [1.29, 1.82) is 0 Å². The van der Waals surface area contributed by atoms with Crippen LogP contribution in [-0.4, -0.2) is 6.29 Å². The molecule has 6 aliphatic carbocycles. The molecule has 1 heteroatoms. The van der Waals surface area contributed by atoms with Crippen molar-refractivity contribution in [2.75, 3.05) is 0 Å². The van der Waals surface area contributed by atoms with Crippen molar-refractivity contribution in [3.05, 3.63) is 59.2 Å². The van der Waals surface area contributed by atoms with E-state index in [9.17, 15) is 4.79 Å². The van der Waals surface area contributed by atoms with Gasteiger partial charge in [-0.05, 0) is 100 Å². The Bertz CT molecular complexity index is 1060. The van der Waals surface area contributed by atoms with Gasteiger partial charge < -0.3 is 0 Å². The minimum atomic E-state index is 0.721. The Balaban J connectivity index is 1.34. The summed E-state index contributed by atoms with van der Waals surface area (Å²) in [6, 6.07) is 11.0. The Morgan fingerprint density at radius 2 is 1.56 bits per heavy atom. The maximum absolute atomic E-state index is 11.8. The Morgan fingerprint density at radius 3 is 2.33 bits per heavy atom. The van der Waals surface area contributed by atoms with E-state index in [4.69, 9.17) is 0 Å². The lowest BCUT2D eigenvalue weighted by atomic mass is 9.60. The third-order valence-corrected chi connectivity index (χ3v) is 10.0. The highest BCUT2D eigenvalue weighted by molar-refractivity contribution is 6.01. The second-order valence-corrected chi connectivity index (χ2v) is 10.4.